The standard InChI is InChI=1S/C26H17BrN4/c27-23-15-21(20-12-7-13-28-17-20)14-22(16-23)26-30-24(18-8-3-1-4-9-18)29-25(31-26)19-10-5-2-6-11-19/h1-17H. The topological polar surface area (TPSA) is 51.6 Å². The maximum absolute atomic E-state index is 4.82. The molecule has 0 atom stereocenters. The number of rotatable bonds is 4. The van der Waals surface area contributed by atoms with Crippen LogP contribution in [0.15, 0.2) is 108 Å². The van der Waals surface area contributed by atoms with Crippen molar-refractivity contribution in [3.8, 4) is 45.3 Å². The summed E-state index contributed by atoms with van der Waals surface area (Å²) in [6.07, 6.45) is 3.62. The van der Waals surface area contributed by atoms with Crippen LogP contribution >= 0.6 is 15.9 Å². The predicted octanol–water partition coefficient (Wildman–Crippen LogP) is 6.70. The van der Waals surface area contributed by atoms with Gasteiger partial charge in [0.2, 0.25) is 0 Å². The number of aromatic nitrogens is 4. The van der Waals surface area contributed by atoms with Gasteiger partial charge in [0.1, 0.15) is 0 Å². The van der Waals surface area contributed by atoms with Crippen LogP contribution in [0, 0.1) is 0 Å². The molecule has 4 nitrogen and oxygen atoms in total. The van der Waals surface area contributed by atoms with Gasteiger partial charge in [0.25, 0.3) is 0 Å². The Hall–Kier alpha value is -3.70. The minimum absolute atomic E-state index is 0.624. The zero-order chi connectivity index (χ0) is 21.0. The minimum Gasteiger partial charge on any atom is -0.264 e. The highest BCUT2D eigenvalue weighted by Gasteiger charge is 2.13. The molecule has 0 aliphatic carbocycles. The average Bonchev–Trinajstić information content (AvgIpc) is 2.85. The third-order valence-electron chi connectivity index (χ3n) is 4.85. The largest absolute Gasteiger partial charge is 0.264 e. The first-order valence-electron chi connectivity index (χ1n) is 9.84. The van der Waals surface area contributed by atoms with Gasteiger partial charge in [0.15, 0.2) is 17.5 Å². The molecule has 0 fully saturated rings. The summed E-state index contributed by atoms with van der Waals surface area (Å²) >= 11 is 3.64. The first-order chi connectivity index (χ1) is 15.3. The lowest BCUT2D eigenvalue weighted by atomic mass is 10.0. The van der Waals surface area contributed by atoms with E-state index in [2.05, 4.69) is 33.0 Å². The highest BCUT2D eigenvalue weighted by atomic mass is 79.9. The van der Waals surface area contributed by atoms with Gasteiger partial charge in [-0.15, -0.1) is 0 Å². The zero-order valence-corrected chi connectivity index (χ0v) is 18.1. The summed E-state index contributed by atoms with van der Waals surface area (Å²) in [6.45, 7) is 0. The van der Waals surface area contributed by atoms with Crippen LogP contribution in [0.1, 0.15) is 0 Å². The lowest BCUT2D eigenvalue weighted by molar-refractivity contribution is 1.07. The van der Waals surface area contributed by atoms with Gasteiger partial charge in [-0.25, -0.2) is 15.0 Å². The molecular formula is C26H17BrN4. The van der Waals surface area contributed by atoms with Crippen LogP contribution in [0.5, 0.6) is 0 Å². The third-order valence-corrected chi connectivity index (χ3v) is 5.31. The Morgan fingerprint density at radius 3 is 1.55 bits per heavy atom. The second kappa shape index (κ2) is 8.58. The fourth-order valence-electron chi connectivity index (χ4n) is 3.36. The molecule has 0 saturated carbocycles. The molecule has 2 heterocycles. The molecule has 148 valence electrons. The normalized spacial score (nSPS) is 10.7. The van der Waals surface area contributed by atoms with Crippen molar-refractivity contribution in [2.45, 2.75) is 0 Å². The molecule has 5 rings (SSSR count). The minimum atomic E-state index is 0.624. The van der Waals surface area contributed by atoms with Crippen molar-refractivity contribution in [2.24, 2.45) is 0 Å². The monoisotopic (exact) mass is 464 g/mol. The molecule has 31 heavy (non-hydrogen) atoms. The molecular weight excluding hydrogens is 448 g/mol. The number of benzene rings is 3. The summed E-state index contributed by atoms with van der Waals surface area (Å²) in [5.74, 6) is 1.92. The maximum Gasteiger partial charge on any atom is 0.164 e. The third kappa shape index (κ3) is 4.27. The Kier molecular flexibility index (Phi) is 5.33. The van der Waals surface area contributed by atoms with E-state index in [9.17, 15) is 0 Å². The zero-order valence-electron chi connectivity index (χ0n) is 16.5. The quantitative estimate of drug-likeness (QED) is 0.297. The number of hydrogen-bond donors (Lipinski definition) is 0. The van der Waals surface area contributed by atoms with Gasteiger partial charge in [-0.1, -0.05) is 82.7 Å². The summed E-state index contributed by atoms with van der Waals surface area (Å²) in [5.41, 5.74) is 4.88. The molecule has 5 aromatic rings. The van der Waals surface area contributed by atoms with Crippen molar-refractivity contribution >= 4 is 15.9 Å². The van der Waals surface area contributed by atoms with Crippen LogP contribution in [-0.4, -0.2) is 19.9 Å². The second-order valence-corrected chi connectivity index (χ2v) is 7.92. The fraction of sp³-hybridized carbons (Fsp3) is 0. The maximum atomic E-state index is 4.82. The van der Waals surface area contributed by atoms with Crippen LogP contribution in [0.25, 0.3) is 45.3 Å². The van der Waals surface area contributed by atoms with Crippen LogP contribution in [0.2, 0.25) is 0 Å². The molecule has 5 heteroatoms. The van der Waals surface area contributed by atoms with E-state index < -0.39 is 0 Å². The van der Waals surface area contributed by atoms with Crippen molar-refractivity contribution < 1.29 is 0 Å². The van der Waals surface area contributed by atoms with Crippen LogP contribution in [-0.2, 0) is 0 Å². The summed E-state index contributed by atoms with van der Waals surface area (Å²) in [5, 5.41) is 0. The molecule has 0 aliphatic rings. The highest BCUT2D eigenvalue weighted by molar-refractivity contribution is 9.10. The van der Waals surface area contributed by atoms with Crippen molar-refractivity contribution in [3.05, 3.63) is 108 Å². The summed E-state index contributed by atoms with van der Waals surface area (Å²) in [7, 11) is 0. The second-order valence-electron chi connectivity index (χ2n) is 7.01. The Morgan fingerprint density at radius 1 is 0.484 bits per heavy atom. The van der Waals surface area contributed by atoms with Gasteiger partial charge in [-0.3, -0.25) is 4.98 Å². The fourth-order valence-corrected chi connectivity index (χ4v) is 3.85. The molecule has 0 amide bonds. The van der Waals surface area contributed by atoms with Crippen LogP contribution in [0.3, 0.4) is 0 Å². The number of hydrogen-bond acceptors (Lipinski definition) is 4. The number of halogens is 1. The predicted molar refractivity (Wildman–Crippen MR) is 127 cm³/mol. The molecule has 0 unspecified atom stereocenters. The van der Waals surface area contributed by atoms with E-state index in [0.29, 0.717) is 17.5 Å². The van der Waals surface area contributed by atoms with Gasteiger partial charge in [0, 0.05) is 39.1 Å². The number of pyridine rings is 1. The molecule has 3 aromatic carbocycles. The molecule has 0 N–H and O–H groups in total. The van der Waals surface area contributed by atoms with Crippen molar-refractivity contribution in [2.75, 3.05) is 0 Å². The molecule has 0 saturated heterocycles. The molecule has 0 radical (unpaired) electrons. The van der Waals surface area contributed by atoms with Gasteiger partial charge >= 0.3 is 0 Å². The van der Waals surface area contributed by atoms with E-state index in [1.165, 1.54) is 0 Å². The highest BCUT2D eigenvalue weighted by Crippen LogP contribution is 2.30. The first-order valence-corrected chi connectivity index (χ1v) is 10.6. The van der Waals surface area contributed by atoms with Gasteiger partial charge in [-0.05, 0) is 29.8 Å². The lowest BCUT2D eigenvalue weighted by Gasteiger charge is -2.10. The van der Waals surface area contributed by atoms with Gasteiger partial charge in [-0.2, -0.15) is 0 Å². The van der Waals surface area contributed by atoms with E-state index in [0.717, 1.165) is 32.3 Å². The Balaban J connectivity index is 1.70. The van der Waals surface area contributed by atoms with Gasteiger partial charge in [0.05, 0.1) is 0 Å². The smallest absolute Gasteiger partial charge is 0.164 e. The van der Waals surface area contributed by atoms with Crippen LogP contribution < -0.4 is 0 Å². The van der Waals surface area contributed by atoms with Crippen molar-refractivity contribution in [1.29, 1.82) is 0 Å². The summed E-state index contributed by atoms with van der Waals surface area (Å²) in [4.78, 5) is 18.6. The summed E-state index contributed by atoms with van der Waals surface area (Å²) < 4.78 is 0.951. The van der Waals surface area contributed by atoms with E-state index in [1.54, 1.807) is 6.20 Å². The van der Waals surface area contributed by atoms with Crippen molar-refractivity contribution in [3.63, 3.8) is 0 Å². The van der Waals surface area contributed by atoms with E-state index in [1.807, 2.05) is 85.1 Å². The van der Waals surface area contributed by atoms with E-state index in [4.69, 9.17) is 15.0 Å². The molecule has 0 bridgehead atoms. The molecule has 0 spiro atoms. The average molecular weight is 465 g/mol. The lowest BCUT2D eigenvalue weighted by Crippen LogP contribution is -2.00. The van der Waals surface area contributed by atoms with Gasteiger partial charge < -0.3 is 0 Å². The molecule has 0 aliphatic heterocycles. The van der Waals surface area contributed by atoms with Crippen LogP contribution in [0.4, 0.5) is 0 Å². The Labute approximate surface area is 188 Å². The SMILES string of the molecule is Brc1cc(-c2cccnc2)cc(-c2nc(-c3ccccc3)nc(-c3ccccc3)n2)c1. The summed E-state index contributed by atoms with van der Waals surface area (Å²) in [6, 6.07) is 30.1. The van der Waals surface area contributed by atoms with E-state index in [-0.39, 0.29) is 0 Å². The van der Waals surface area contributed by atoms with E-state index >= 15 is 0 Å². The van der Waals surface area contributed by atoms with Crippen molar-refractivity contribution in [1.82, 2.24) is 19.9 Å². The Bertz CT molecular complexity index is 1270. The number of nitrogens with zero attached hydrogens (tertiary/aromatic N) is 4. The first kappa shape index (κ1) is 19.3. The Morgan fingerprint density at radius 2 is 1.00 bits per heavy atom. The molecule has 2 aromatic heterocycles.